The number of hydrogen-bond acceptors (Lipinski definition) is 8. The van der Waals surface area contributed by atoms with Crippen LogP contribution in [0.3, 0.4) is 0 Å². The van der Waals surface area contributed by atoms with Gasteiger partial charge in [0.2, 0.25) is 11.2 Å². The molecule has 13 heteroatoms. The zero-order valence-electron chi connectivity index (χ0n) is 21.1. The number of aromatic nitrogens is 1. The van der Waals surface area contributed by atoms with Crippen molar-refractivity contribution in [1.29, 1.82) is 0 Å². The van der Waals surface area contributed by atoms with Crippen LogP contribution in [0.2, 0.25) is 0 Å². The van der Waals surface area contributed by atoms with E-state index in [1.165, 1.54) is 30.5 Å². The van der Waals surface area contributed by atoms with Crippen LogP contribution in [-0.4, -0.2) is 35.6 Å². The summed E-state index contributed by atoms with van der Waals surface area (Å²) in [6.45, 7) is 0. The third-order valence-electron chi connectivity index (χ3n) is 6.06. The second-order valence-electron chi connectivity index (χ2n) is 9.18. The lowest BCUT2D eigenvalue weighted by molar-refractivity contribution is -0.136. The van der Waals surface area contributed by atoms with Crippen LogP contribution in [0, 0.1) is 11.6 Å². The molecule has 0 saturated heterocycles. The summed E-state index contributed by atoms with van der Waals surface area (Å²) in [5.74, 6) is -3.49. The lowest BCUT2D eigenvalue weighted by Gasteiger charge is -2.19. The Hall–Kier alpha value is -4.36. The number of sulfone groups is 1. The van der Waals surface area contributed by atoms with Crippen molar-refractivity contribution >= 4 is 38.2 Å². The Morgan fingerprint density at radius 1 is 1.05 bits per heavy atom. The number of nitrogens with zero attached hydrogens (tertiary/aromatic N) is 1. The Kier molecular flexibility index (Phi) is 7.99. The highest BCUT2D eigenvalue weighted by molar-refractivity contribution is 7.92. The van der Waals surface area contributed by atoms with Gasteiger partial charge < -0.3 is 14.6 Å². The minimum absolute atomic E-state index is 0.105. The summed E-state index contributed by atoms with van der Waals surface area (Å²) in [5.41, 5.74) is 0.833. The number of hydrogen-bond donors (Lipinski definition) is 2. The highest BCUT2D eigenvalue weighted by atomic mass is 32.2. The van der Waals surface area contributed by atoms with Gasteiger partial charge in [0.05, 0.1) is 22.8 Å². The Morgan fingerprint density at radius 2 is 1.76 bits per heavy atom. The Balaban J connectivity index is 1.34. The van der Waals surface area contributed by atoms with Gasteiger partial charge in [0.1, 0.15) is 11.6 Å². The molecule has 1 heterocycles. The van der Waals surface area contributed by atoms with Crippen molar-refractivity contribution in [3.63, 3.8) is 0 Å². The van der Waals surface area contributed by atoms with E-state index >= 15 is 0 Å². The third-order valence-corrected chi connectivity index (χ3v) is 9.13. The van der Waals surface area contributed by atoms with Crippen LogP contribution >= 0.6 is 11.3 Å². The van der Waals surface area contributed by atoms with Crippen molar-refractivity contribution in [3.8, 4) is 16.6 Å². The number of benzene rings is 3. The second kappa shape index (κ2) is 11.6. The molecule has 212 valence electrons. The van der Waals surface area contributed by atoms with Crippen LogP contribution in [0.1, 0.15) is 30.1 Å². The zero-order valence-corrected chi connectivity index (χ0v) is 22.8. The Morgan fingerprint density at radius 3 is 2.39 bits per heavy atom. The average molecular weight is 601 g/mol. The molecule has 3 aromatic carbocycles. The predicted octanol–water partition coefficient (Wildman–Crippen LogP) is 5.54. The van der Waals surface area contributed by atoms with E-state index in [0.29, 0.717) is 35.3 Å². The van der Waals surface area contributed by atoms with Crippen LogP contribution in [0.4, 0.5) is 13.9 Å². The molecule has 1 aromatic heterocycles. The molecule has 1 atom stereocenters. The molecule has 0 spiro atoms. The van der Waals surface area contributed by atoms with E-state index in [2.05, 4.69) is 10.3 Å². The molecule has 1 aliphatic carbocycles. The maximum Gasteiger partial charge on any atom is 0.307 e. The molecule has 9 nitrogen and oxygen atoms in total. The van der Waals surface area contributed by atoms with Crippen molar-refractivity contribution in [2.24, 2.45) is 0 Å². The van der Waals surface area contributed by atoms with Crippen molar-refractivity contribution in [1.82, 2.24) is 4.98 Å². The van der Waals surface area contributed by atoms with Gasteiger partial charge in [0, 0.05) is 11.6 Å². The molecule has 5 rings (SSSR count). The number of carbonyl (C=O) groups is 2. The second-order valence-corrected chi connectivity index (χ2v) is 12.4. The lowest BCUT2D eigenvalue weighted by Crippen LogP contribution is -2.26. The number of nitrogens with one attached hydrogen (secondary N) is 1. The van der Waals surface area contributed by atoms with Gasteiger partial charge in [0.15, 0.2) is 26.5 Å². The molecular formula is C28H22F2N2O7S2. The smallest absolute Gasteiger partial charge is 0.307 e. The average Bonchev–Trinajstić information content (AvgIpc) is 3.71. The number of carbonyl (C=O) groups excluding carboxylic acids is 1. The maximum atomic E-state index is 14.4. The summed E-state index contributed by atoms with van der Waals surface area (Å²) in [5, 5.41) is 11.5. The van der Waals surface area contributed by atoms with E-state index in [-0.39, 0.29) is 27.8 Å². The highest BCUT2D eigenvalue weighted by Gasteiger charge is 2.37. The molecule has 2 N–H and O–H groups in total. The van der Waals surface area contributed by atoms with E-state index in [4.69, 9.17) is 14.6 Å². The fourth-order valence-electron chi connectivity index (χ4n) is 3.88. The fourth-order valence-corrected chi connectivity index (χ4v) is 6.22. The number of rotatable bonds is 11. The van der Waals surface area contributed by atoms with Gasteiger partial charge in [-0.3, -0.25) is 14.9 Å². The first-order valence-electron chi connectivity index (χ1n) is 12.3. The van der Waals surface area contributed by atoms with Gasteiger partial charge >= 0.3 is 5.97 Å². The molecule has 1 saturated carbocycles. The molecule has 0 bridgehead atoms. The predicted molar refractivity (Wildman–Crippen MR) is 145 cm³/mol. The molecule has 1 aliphatic rings. The molecule has 41 heavy (non-hydrogen) atoms. The van der Waals surface area contributed by atoms with E-state index < -0.39 is 44.7 Å². The van der Waals surface area contributed by atoms with Crippen LogP contribution in [0.5, 0.6) is 16.6 Å². The number of carboxylic acids is 1. The van der Waals surface area contributed by atoms with Crippen molar-refractivity contribution in [2.75, 3.05) is 5.32 Å². The van der Waals surface area contributed by atoms with Crippen LogP contribution in [0.25, 0.3) is 0 Å². The molecule has 0 aliphatic heterocycles. The van der Waals surface area contributed by atoms with E-state index in [1.807, 2.05) is 0 Å². The first-order valence-corrected chi connectivity index (χ1v) is 14.7. The molecule has 1 fully saturated rings. The largest absolute Gasteiger partial charge is 0.481 e. The first-order chi connectivity index (χ1) is 19.6. The summed E-state index contributed by atoms with van der Waals surface area (Å²) >= 11 is 0.993. The number of ether oxygens (including phenoxy) is 2. The van der Waals surface area contributed by atoms with Crippen molar-refractivity contribution in [3.05, 3.63) is 95.7 Å². The summed E-state index contributed by atoms with van der Waals surface area (Å²) in [4.78, 5) is 28.4. The summed E-state index contributed by atoms with van der Waals surface area (Å²) < 4.78 is 64.3. The molecular weight excluding hydrogens is 578 g/mol. The molecule has 0 radical (unpaired) electrons. The standard InChI is InChI=1S/C28H22F2N2O7S2/c29-18-5-12-23(22(30)14-18)39-26(17-3-8-20(9-4-17)41(36,37)21-10-11-21)27(35)32-28-31-15-25(40-28)38-19-6-1-16(2-7-19)13-24(33)34/h1-9,12,14-15,21,26H,10-11,13H2,(H,33,34)(H,31,32,35). The van der Waals surface area contributed by atoms with Gasteiger partial charge in [-0.1, -0.05) is 35.6 Å². The Labute approximate surface area is 237 Å². The van der Waals surface area contributed by atoms with Gasteiger partial charge in [-0.05, 0) is 54.8 Å². The minimum Gasteiger partial charge on any atom is -0.481 e. The SMILES string of the molecule is O=C(O)Cc1ccc(Oc2cnc(NC(=O)C(Oc3ccc(F)cc3F)c3ccc(S(=O)(=O)C4CC4)cc3)s2)cc1. The molecule has 1 amide bonds. The van der Waals surface area contributed by atoms with Crippen molar-refractivity contribution < 1.29 is 41.4 Å². The number of carboxylic acid groups (broad SMARTS) is 1. The van der Waals surface area contributed by atoms with Gasteiger partial charge in [-0.15, -0.1) is 0 Å². The normalized spacial score (nSPS) is 13.8. The zero-order chi connectivity index (χ0) is 29.1. The quantitative estimate of drug-likeness (QED) is 0.230. The monoisotopic (exact) mass is 600 g/mol. The number of halogens is 2. The number of aliphatic carboxylic acids is 1. The number of thiazole rings is 1. The minimum atomic E-state index is -3.47. The number of amides is 1. The van der Waals surface area contributed by atoms with Gasteiger partial charge in [-0.25, -0.2) is 22.2 Å². The summed E-state index contributed by atoms with van der Waals surface area (Å²) in [6.07, 6.45) is 0.997. The Bertz CT molecular complexity index is 1690. The molecule has 4 aromatic rings. The maximum absolute atomic E-state index is 14.4. The fraction of sp³-hybridized carbons (Fsp3) is 0.179. The van der Waals surface area contributed by atoms with Crippen LogP contribution in [-0.2, 0) is 25.8 Å². The molecule has 1 unspecified atom stereocenters. The van der Waals surface area contributed by atoms with E-state index in [9.17, 15) is 26.8 Å². The lowest BCUT2D eigenvalue weighted by atomic mass is 10.1. The highest BCUT2D eigenvalue weighted by Crippen LogP contribution is 2.35. The topological polar surface area (TPSA) is 132 Å². The van der Waals surface area contributed by atoms with Crippen molar-refractivity contribution in [2.45, 2.75) is 35.5 Å². The summed E-state index contributed by atoms with van der Waals surface area (Å²) in [7, 11) is -3.47. The van der Waals surface area contributed by atoms with E-state index in [0.717, 1.165) is 23.5 Å². The van der Waals surface area contributed by atoms with Crippen LogP contribution in [0.15, 0.2) is 77.8 Å². The van der Waals surface area contributed by atoms with Gasteiger partial charge in [0.25, 0.3) is 5.91 Å². The first kappa shape index (κ1) is 28.2. The third kappa shape index (κ3) is 6.87. The number of anilines is 1. The van der Waals surface area contributed by atoms with Gasteiger partial charge in [-0.2, -0.15) is 0 Å². The van der Waals surface area contributed by atoms with Crippen LogP contribution < -0.4 is 14.8 Å². The summed E-state index contributed by atoms with van der Waals surface area (Å²) in [6, 6.07) is 14.6. The van der Waals surface area contributed by atoms with E-state index in [1.54, 1.807) is 24.3 Å².